The lowest BCUT2D eigenvalue weighted by Crippen LogP contribution is -2.11. The standard InChI is InChI=1S/C15H22O3/c1-17-10-2-3-11-18-15-9-5-6-12-13(15)7-4-8-14(12)16/h5-6,9,14,16H,2-4,7-8,10-11H2,1H3. The Hall–Kier alpha value is -1.06. The van der Waals surface area contributed by atoms with Crippen LogP contribution in [0, 0.1) is 0 Å². The SMILES string of the molecule is COCCCCOc1cccc2c1CCCC2O. The van der Waals surface area contributed by atoms with Gasteiger partial charge in [0.15, 0.2) is 0 Å². The molecule has 18 heavy (non-hydrogen) atoms. The summed E-state index contributed by atoms with van der Waals surface area (Å²) in [7, 11) is 1.72. The molecule has 1 atom stereocenters. The average molecular weight is 250 g/mol. The van der Waals surface area contributed by atoms with Crippen LogP contribution in [-0.4, -0.2) is 25.4 Å². The summed E-state index contributed by atoms with van der Waals surface area (Å²) >= 11 is 0. The number of hydrogen-bond acceptors (Lipinski definition) is 3. The van der Waals surface area contributed by atoms with E-state index in [2.05, 4.69) is 0 Å². The van der Waals surface area contributed by atoms with E-state index in [0.29, 0.717) is 0 Å². The number of rotatable bonds is 6. The van der Waals surface area contributed by atoms with E-state index < -0.39 is 0 Å². The number of ether oxygens (including phenoxy) is 2. The number of fused-ring (bicyclic) bond motifs is 1. The topological polar surface area (TPSA) is 38.7 Å². The van der Waals surface area contributed by atoms with Crippen molar-refractivity contribution in [1.82, 2.24) is 0 Å². The monoisotopic (exact) mass is 250 g/mol. The number of hydrogen-bond donors (Lipinski definition) is 1. The Labute approximate surface area is 109 Å². The highest BCUT2D eigenvalue weighted by atomic mass is 16.5. The van der Waals surface area contributed by atoms with E-state index in [0.717, 1.165) is 56.6 Å². The number of aliphatic hydroxyl groups excluding tert-OH is 1. The summed E-state index contributed by atoms with van der Waals surface area (Å²) in [6.07, 6.45) is 4.63. The van der Waals surface area contributed by atoms with Crippen molar-refractivity contribution in [2.24, 2.45) is 0 Å². The van der Waals surface area contributed by atoms with E-state index in [-0.39, 0.29) is 6.10 Å². The number of aliphatic hydroxyl groups is 1. The molecule has 0 amide bonds. The molecule has 0 saturated carbocycles. The molecule has 1 unspecified atom stereocenters. The zero-order valence-electron chi connectivity index (χ0n) is 11.0. The second-order valence-corrected chi connectivity index (χ2v) is 4.78. The fraction of sp³-hybridized carbons (Fsp3) is 0.600. The average Bonchev–Trinajstić information content (AvgIpc) is 2.39. The minimum atomic E-state index is -0.314. The molecule has 1 aromatic carbocycles. The maximum absolute atomic E-state index is 9.96. The quantitative estimate of drug-likeness (QED) is 0.789. The van der Waals surface area contributed by atoms with Gasteiger partial charge in [-0.1, -0.05) is 12.1 Å². The Morgan fingerprint density at radius 2 is 2.11 bits per heavy atom. The predicted octanol–water partition coefficient (Wildman–Crippen LogP) is 2.86. The van der Waals surface area contributed by atoms with Crippen molar-refractivity contribution in [3.05, 3.63) is 29.3 Å². The number of unbranched alkanes of at least 4 members (excludes halogenated alkanes) is 1. The Balaban J connectivity index is 1.94. The van der Waals surface area contributed by atoms with Crippen molar-refractivity contribution in [1.29, 1.82) is 0 Å². The zero-order valence-corrected chi connectivity index (χ0v) is 11.0. The third-order valence-corrected chi connectivity index (χ3v) is 3.43. The molecule has 1 aliphatic rings. The highest BCUT2D eigenvalue weighted by Crippen LogP contribution is 2.35. The largest absolute Gasteiger partial charge is 0.493 e. The minimum absolute atomic E-state index is 0.314. The van der Waals surface area contributed by atoms with Crippen molar-refractivity contribution < 1.29 is 14.6 Å². The van der Waals surface area contributed by atoms with Crippen LogP contribution in [0.4, 0.5) is 0 Å². The van der Waals surface area contributed by atoms with Gasteiger partial charge in [-0.05, 0) is 49.3 Å². The lowest BCUT2D eigenvalue weighted by Gasteiger charge is -2.23. The summed E-state index contributed by atoms with van der Waals surface area (Å²) in [5.74, 6) is 0.948. The van der Waals surface area contributed by atoms with Gasteiger partial charge in [-0.2, -0.15) is 0 Å². The van der Waals surface area contributed by atoms with Crippen LogP contribution < -0.4 is 4.74 Å². The van der Waals surface area contributed by atoms with Crippen LogP contribution in [0.25, 0.3) is 0 Å². The third-order valence-electron chi connectivity index (χ3n) is 3.43. The summed E-state index contributed by atoms with van der Waals surface area (Å²) < 4.78 is 10.8. The Morgan fingerprint density at radius 1 is 1.28 bits per heavy atom. The molecule has 2 rings (SSSR count). The molecule has 0 heterocycles. The molecule has 0 radical (unpaired) electrons. The first-order chi connectivity index (χ1) is 8.83. The molecule has 1 aromatic rings. The van der Waals surface area contributed by atoms with Crippen molar-refractivity contribution in [2.75, 3.05) is 20.3 Å². The van der Waals surface area contributed by atoms with Gasteiger partial charge in [0.1, 0.15) is 5.75 Å². The van der Waals surface area contributed by atoms with E-state index in [9.17, 15) is 5.11 Å². The third kappa shape index (κ3) is 3.24. The van der Waals surface area contributed by atoms with Gasteiger partial charge in [0.05, 0.1) is 12.7 Å². The molecule has 1 N–H and O–H groups in total. The van der Waals surface area contributed by atoms with Crippen molar-refractivity contribution >= 4 is 0 Å². The Morgan fingerprint density at radius 3 is 2.94 bits per heavy atom. The van der Waals surface area contributed by atoms with Crippen LogP contribution >= 0.6 is 0 Å². The second kappa shape index (κ2) is 6.76. The molecule has 0 saturated heterocycles. The van der Waals surface area contributed by atoms with Crippen LogP contribution in [0.3, 0.4) is 0 Å². The van der Waals surface area contributed by atoms with E-state index in [1.807, 2.05) is 18.2 Å². The van der Waals surface area contributed by atoms with Crippen LogP contribution in [0.5, 0.6) is 5.75 Å². The fourth-order valence-electron chi connectivity index (χ4n) is 2.46. The first kappa shape index (κ1) is 13.4. The molecular weight excluding hydrogens is 228 g/mol. The first-order valence-corrected chi connectivity index (χ1v) is 6.74. The predicted molar refractivity (Wildman–Crippen MR) is 70.9 cm³/mol. The first-order valence-electron chi connectivity index (χ1n) is 6.74. The van der Waals surface area contributed by atoms with Crippen molar-refractivity contribution in [3.8, 4) is 5.75 Å². The van der Waals surface area contributed by atoms with Crippen LogP contribution in [0.1, 0.15) is 42.9 Å². The van der Waals surface area contributed by atoms with Gasteiger partial charge in [-0.25, -0.2) is 0 Å². The van der Waals surface area contributed by atoms with Gasteiger partial charge in [-0.3, -0.25) is 0 Å². The molecule has 0 fully saturated rings. The van der Waals surface area contributed by atoms with E-state index >= 15 is 0 Å². The molecular formula is C15H22O3. The summed E-state index contributed by atoms with van der Waals surface area (Å²) in [6.45, 7) is 1.50. The molecule has 0 aromatic heterocycles. The molecule has 1 aliphatic carbocycles. The van der Waals surface area contributed by atoms with E-state index in [1.165, 1.54) is 5.56 Å². The lowest BCUT2D eigenvalue weighted by molar-refractivity contribution is 0.154. The van der Waals surface area contributed by atoms with Gasteiger partial charge < -0.3 is 14.6 Å². The van der Waals surface area contributed by atoms with Gasteiger partial charge in [0.25, 0.3) is 0 Å². The Bertz CT molecular complexity index is 376. The van der Waals surface area contributed by atoms with Gasteiger partial charge in [-0.15, -0.1) is 0 Å². The zero-order chi connectivity index (χ0) is 12.8. The second-order valence-electron chi connectivity index (χ2n) is 4.78. The van der Waals surface area contributed by atoms with Crippen LogP contribution in [0.15, 0.2) is 18.2 Å². The molecule has 100 valence electrons. The van der Waals surface area contributed by atoms with Gasteiger partial charge >= 0.3 is 0 Å². The van der Waals surface area contributed by atoms with Crippen LogP contribution in [0.2, 0.25) is 0 Å². The van der Waals surface area contributed by atoms with Crippen LogP contribution in [-0.2, 0) is 11.2 Å². The van der Waals surface area contributed by atoms with Crippen molar-refractivity contribution in [2.45, 2.75) is 38.2 Å². The summed E-state index contributed by atoms with van der Waals surface area (Å²) in [4.78, 5) is 0. The van der Waals surface area contributed by atoms with Gasteiger partial charge in [0, 0.05) is 13.7 Å². The molecule has 3 nitrogen and oxygen atoms in total. The molecule has 0 spiro atoms. The molecule has 3 heteroatoms. The Kier molecular flexibility index (Phi) is 5.02. The highest BCUT2D eigenvalue weighted by Gasteiger charge is 2.20. The van der Waals surface area contributed by atoms with E-state index in [4.69, 9.17) is 9.47 Å². The summed E-state index contributed by atoms with van der Waals surface area (Å²) in [6, 6.07) is 5.99. The van der Waals surface area contributed by atoms with Crippen molar-refractivity contribution in [3.63, 3.8) is 0 Å². The summed E-state index contributed by atoms with van der Waals surface area (Å²) in [5, 5.41) is 9.96. The maximum Gasteiger partial charge on any atom is 0.122 e. The smallest absolute Gasteiger partial charge is 0.122 e. The fourth-order valence-corrected chi connectivity index (χ4v) is 2.46. The van der Waals surface area contributed by atoms with E-state index in [1.54, 1.807) is 7.11 Å². The lowest BCUT2D eigenvalue weighted by atomic mass is 9.89. The number of methoxy groups -OCH3 is 1. The minimum Gasteiger partial charge on any atom is -0.493 e. The number of benzene rings is 1. The molecule has 0 bridgehead atoms. The normalized spacial score (nSPS) is 18.4. The maximum atomic E-state index is 9.96. The van der Waals surface area contributed by atoms with Gasteiger partial charge in [0.2, 0.25) is 0 Å². The molecule has 0 aliphatic heterocycles. The summed E-state index contributed by atoms with van der Waals surface area (Å²) in [5.41, 5.74) is 2.25. The highest BCUT2D eigenvalue weighted by molar-refractivity contribution is 5.42.